The lowest BCUT2D eigenvalue weighted by molar-refractivity contribution is 1.41. The molecule has 0 bridgehead atoms. The maximum absolute atomic E-state index is 5.93. The molecule has 0 saturated heterocycles. The van der Waals surface area contributed by atoms with Crippen LogP contribution in [-0.4, -0.2) is 5.75 Å². The Labute approximate surface area is 77.0 Å². The summed E-state index contributed by atoms with van der Waals surface area (Å²) in [6.45, 7) is 3.75. The van der Waals surface area contributed by atoms with E-state index < -0.39 is 0 Å². The predicted octanol–water partition coefficient (Wildman–Crippen LogP) is 3.41. The third-order valence-corrected chi connectivity index (χ3v) is 2.53. The Bertz CT molecular complexity index is 223. The molecule has 59 valence electrons. The highest BCUT2D eigenvalue weighted by molar-refractivity contribution is 7.98. The fourth-order valence-electron chi connectivity index (χ4n) is 0.798. The van der Waals surface area contributed by atoms with Crippen LogP contribution >= 0.6 is 23.4 Å². The summed E-state index contributed by atoms with van der Waals surface area (Å²) in [7, 11) is 0. The summed E-state index contributed by atoms with van der Waals surface area (Å²) in [6.07, 6.45) is 0. The SMILES string of the molecule is [CH2]CSCc1ccccc1Cl. The Balaban J connectivity index is 2.62. The van der Waals surface area contributed by atoms with Crippen molar-refractivity contribution in [3.05, 3.63) is 41.8 Å². The largest absolute Gasteiger partial charge is 0.157 e. The lowest BCUT2D eigenvalue weighted by atomic mass is 10.2. The van der Waals surface area contributed by atoms with Crippen molar-refractivity contribution >= 4 is 23.4 Å². The van der Waals surface area contributed by atoms with Crippen molar-refractivity contribution in [3.8, 4) is 0 Å². The minimum Gasteiger partial charge on any atom is -0.157 e. The van der Waals surface area contributed by atoms with Gasteiger partial charge in [0.05, 0.1) is 0 Å². The molecule has 0 saturated carbocycles. The number of hydrogen-bond donors (Lipinski definition) is 0. The zero-order chi connectivity index (χ0) is 8.10. The Kier molecular flexibility index (Phi) is 3.81. The first kappa shape index (κ1) is 8.95. The molecule has 0 aromatic heterocycles. The van der Waals surface area contributed by atoms with E-state index >= 15 is 0 Å². The minimum absolute atomic E-state index is 0.855. The molecule has 0 atom stereocenters. The van der Waals surface area contributed by atoms with Crippen molar-refractivity contribution in [1.29, 1.82) is 0 Å². The van der Waals surface area contributed by atoms with Gasteiger partial charge in [-0.2, -0.15) is 11.8 Å². The molecular formula is C9H10ClS. The average Bonchev–Trinajstić information content (AvgIpc) is 2.03. The van der Waals surface area contributed by atoms with E-state index in [1.54, 1.807) is 11.8 Å². The summed E-state index contributed by atoms with van der Waals surface area (Å²) < 4.78 is 0. The molecule has 0 N–H and O–H groups in total. The summed E-state index contributed by atoms with van der Waals surface area (Å²) in [6, 6.07) is 7.91. The number of halogens is 1. The van der Waals surface area contributed by atoms with Gasteiger partial charge in [-0.15, -0.1) is 0 Å². The van der Waals surface area contributed by atoms with E-state index in [0.29, 0.717) is 0 Å². The average molecular weight is 186 g/mol. The highest BCUT2D eigenvalue weighted by atomic mass is 35.5. The molecule has 11 heavy (non-hydrogen) atoms. The van der Waals surface area contributed by atoms with Gasteiger partial charge in [0, 0.05) is 10.8 Å². The third kappa shape index (κ3) is 2.76. The van der Waals surface area contributed by atoms with Gasteiger partial charge in [-0.1, -0.05) is 29.8 Å². The maximum Gasteiger partial charge on any atom is 0.0446 e. The van der Waals surface area contributed by atoms with E-state index in [1.165, 1.54) is 5.56 Å². The van der Waals surface area contributed by atoms with Crippen LogP contribution in [0, 0.1) is 6.92 Å². The first-order chi connectivity index (χ1) is 5.34. The Morgan fingerprint density at radius 2 is 2.09 bits per heavy atom. The van der Waals surface area contributed by atoms with Crippen LogP contribution in [0.15, 0.2) is 24.3 Å². The van der Waals surface area contributed by atoms with Crippen LogP contribution in [0.4, 0.5) is 0 Å². The predicted molar refractivity (Wildman–Crippen MR) is 53.0 cm³/mol. The first-order valence-electron chi connectivity index (χ1n) is 3.45. The number of rotatable bonds is 3. The zero-order valence-electron chi connectivity index (χ0n) is 6.22. The molecule has 1 aromatic rings. The fraction of sp³-hybridized carbons (Fsp3) is 0.222. The summed E-state index contributed by atoms with van der Waals surface area (Å²) in [5.74, 6) is 1.86. The van der Waals surface area contributed by atoms with Gasteiger partial charge in [0.15, 0.2) is 0 Å². The molecule has 0 aliphatic carbocycles. The van der Waals surface area contributed by atoms with Crippen molar-refractivity contribution in [2.75, 3.05) is 5.75 Å². The molecule has 0 unspecified atom stereocenters. The highest BCUT2D eigenvalue weighted by Gasteiger charge is 1.96. The van der Waals surface area contributed by atoms with Gasteiger partial charge in [-0.3, -0.25) is 0 Å². The molecule has 1 aromatic carbocycles. The second kappa shape index (κ2) is 4.68. The second-order valence-corrected chi connectivity index (χ2v) is 3.66. The lowest BCUT2D eigenvalue weighted by Gasteiger charge is -2.00. The van der Waals surface area contributed by atoms with Crippen LogP contribution in [-0.2, 0) is 5.75 Å². The van der Waals surface area contributed by atoms with E-state index in [1.807, 2.05) is 24.3 Å². The first-order valence-corrected chi connectivity index (χ1v) is 4.98. The molecule has 1 rings (SSSR count). The van der Waals surface area contributed by atoms with Gasteiger partial charge >= 0.3 is 0 Å². The monoisotopic (exact) mass is 185 g/mol. The molecule has 1 radical (unpaired) electrons. The quantitative estimate of drug-likeness (QED) is 0.696. The molecule has 2 heteroatoms. The molecule has 0 spiro atoms. The lowest BCUT2D eigenvalue weighted by Crippen LogP contribution is -1.81. The molecule has 0 nitrogen and oxygen atoms in total. The Morgan fingerprint density at radius 3 is 2.73 bits per heavy atom. The van der Waals surface area contributed by atoms with Crippen molar-refractivity contribution in [2.24, 2.45) is 0 Å². The van der Waals surface area contributed by atoms with Crippen LogP contribution in [0.1, 0.15) is 5.56 Å². The number of thioether (sulfide) groups is 1. The van der Waals surface area contributed by atoms with Crippen molar-refractivity contribution in [1.82, 2.24) is 0 Å². The van der Waals surface area contributed by atoms with Crippen LogP contribution in [0.3, 0.4) is 0 Å². The molecule has 0 aliphatic heterocycles. The highest BCUT2D eigenvalue weighted by Crippen LogP contribution is 2.19. The molecule has 0 heterocycles. The summed E-state index contributed by atoms with van der Waals surface area (Å²) >= 11 is 7.71. The van der Waals surface area contributed by atoms with Crippen molar-refractivity contribution < 1.29 is 0 Å². The second-order valence-electron chi connectivity index (χ2n) is 2.14. The number of benzene rings is 1. The molecule has 0 aliphatic rings. The van der Waals surface area contributed by atoms with Crippen LogP contribution in [0.25, 0.3) is 0 Å². The van der Waals surface area contributed by atoms with E-state index in [2.05, 4.69) is 6.92 Å². The van der Waals surface area contributed by atoms with Gasteiger partial charge in [0.25, 0.3) is 0 Å². The van der Waals surface area contributed by atoms with E-state index in [0.717, 1.165) is 16.5 Å². The van der Waals surface area contributed by atoms with Crippen molar-refractivity contribution in [3.63, 3.8) is 0 Å². The van der Waals surface area contributed by atoms with Gasteiger partial charge < -0.3 is 0 Å². The van der Waals surface area contributed by atoms with E-state index in [9.17, 15) is 0 Å². The zero-order valence-corrected chi connectivity index (χ0v) is 7.79. The number of hydrogen-bond acceptors (Lipinski definition) is 1. The normalized spacial score (nSPS) is 10.0. The third-order valence-electron chi connectivity index (χ3n) is 1.36. The minimum atomic E-state index is 0.855. The summed E-state index contributed by atoms with van der Waals surface area (Å²) in [5.41, 5.74) is 1.20. The molecular weight excluding hydrogens is 176 g/mol. The van der Waals surface area contributed by atoms with E-state index in [4.69, 9.17) is 11.6 Å². The van der Waals surface area contributed by atoms with Gasteiger partial charge in [-0.05, 0) is 24.3 Å². The Morgan fingerprint density at radius 1 is 1.36 bits per heavy atom. The molecule has 0 amide bonds. The van der Waals surface area contributed by atoms with Gasteiger partial charge in [-0.25, -0.2) is 0 Å². The topological polar surface area (TPSA) is 0 Å². The van der Waals surface area contributed by atoms with Crippen LogP contribution < -0.4 is 0 Å². The summed E-state index contributed by atoms with van der Waals surface area (Å²) in [4.78, 5) is 0. The van der Waals surface area contributed by atoms with E-state index in [-0.39, 0.29) is 0 Å². The summed E-state index contributed by atoms with van der Waals surface area (Å²) in [5, 5.41) is 0.855. The Hall–Kier alpha value is -0.140. The van der Waals surface area contributed by atoms with Gasteiger partial charge in [0.2, 0.25) is 0 Å². The standard InChI is InChI=1S/C9H10ClS/c1-2-11-7-8-5-3-4-6-9(8)10/h3-6H,1-2,7H2. The van der Waals surface area contributed by atoms with Crippen LogP contribution in [0.5, 0.6) is 0 Å². The maximum atomic E-state index is 5.93. The van der Waals surface area contributed by atoms with Gasteiger partial charge in [0.1, 0.15) is 0 Å². The fourth-order valence-corrected chi connectivity index (χ4v) is 1.70. The molecule has 0 fully saturated rings. The smallest absolute Gasteiger partial charge is 0.0446 e. The van der Waals surface area contributed by atoms with Crippen molar-refractivity contribution in [2.45, 2.75) is 5.75 Å². The van der Waals surface area contributed by atoms with Crippen LogP contribution in [0.2, 0.25) is 5.02 Å².